The molecular weight excluding hydrogens is 325 g/mol. The second kappa shape index (κ2) is 8.82. The van der Waals surface area contributed by atoms with E-state index < -0.39 is 5.97 Å². The highest BCUT2D eigenvalue weighted by atomic mass is 19.1. The van der Waals surface area contributed by atoms with E-state index in [0.29, 0.717) is 23.4 Å². The molecular formula is C19H20FNO4. The first-order valence-corrected chi connectivity index (χ1v) is 7.83. The largest absolute Gasteiger partial charge is 0.482 e. The van der Waals surface area contributed by atoms with Gasteiger partial charge < -0.3 is 14.8 Å². The second-order valence-corrected chi connectivity index (χ2v) is 5.48. The van der Waals surface area contributed by atoms with Crippen molar-refractivity contribution in [1.29, 1.82) is 0 Å². The summed E-state index contributed by atoms with van der Waals surface area (Å²) in [6, 6.07) is 11.5. The number of nitrogens with one attached hydrogen (secondary N) is 1. The van der Waals surface area contributed by atoms with Crippen molar-refractivity contribution >= 4 is 17.6 Å². The number of benzene rings is 2. The van der Waals surface area contributed by atoms with Crippen LogP contribution in [-0.2, 0) is 20.7 Å². The van der Waals surface area contributed by atoms with Crippen molar-refractivity contribution in [3.8, 4) is 5.75 Å². The first-order chi connectivity index (χ1) is 12.0. The fourth-order valence-corrected chi connectivity index (χ4v) is 2.23. The molecule has 6 heteroatoms. The maximum absolute atomic E-state index is 13.6. The van der Waals surface area contributed by atoms with Crippen LogP contribution >= 0.6 is 0 Å². The summed E-state index contributed by atoms with van der Waals surface area (Å²) in [7, 11) is 1.29. The highest BCUT2D eigenvalue weighted by molar-refractivity contribution is 5.91. The van der Waals surface area contributed by atoms with Gasteiger partial charge in [0, 0.05) is 12.1 Å². The third-order valence-corrected chi connectivity index (χ3v) is 3.64. The van der Waals surface area contributed by atoms with E-state index in [1.165, 1.54) is 13.2 Å². The minimum absolute atomic E-state index is 0.176. The van der Waals surface area contributed by atoms with Crippen molar-refractivity contribution in [2.24, 2.45) is 0 Å². The van der Waals surface area contributed by atoms with E-state index in [-0.39, 0.29) is 24.8 Å². The average molecular weight is 345 g/mol. The number of halogens is 1. The molecule has 132 valence electrons. The van der Waals surface area contributed by atoms with Crippen LogP contribution < -0.4 is 10.1 Å². The summed E-state index contributed by atoms with van der Waals surface area (Å²) in [6.07, 6.45) is 0.513. The van der Waals surface area contributed by atoms with Gasteiger partial charge in [0.05, 0.1) is 7.11 Å². The molecule has 2 rings (SSSR count). The predicted octanol–water partition coefficient (Wildman–Crippen LogP) is 3.26. The Morgan fingerprint density at radius 1 is 1.16 bits per heavy atom. The van der Waals surface area contributed by atoms with Gasteiger partial charge in [0.2, 0.25) is 5.91 Å². The Morgan fingerprint density at radius 2 is 1.92 bits per heavy atom. The summed E-state index contributed by atoms with van der Waals surface area (Å²) in [5.74, 6) is -0.469. The Kier molecular flexibility index (Phi) is 6.51. The molecule has 0 saturated carbocycles. The lowest BCUT2D eigenvalue weighted by Crippen LogP contribution is -2.14. The highest BCUT2D eigenvalue weighted by Gasteiger charge is 2.09. The molecule has 0 aliphatic rings. The molecule has 0 bridgehead atoms. The Balaban J connectivity index is 1.90. The summed E-state index contributed by atoms with van der Waals surface area (Å²) in [4.78, 5) is 23.1. The average Bonchev–Trinajstić information content (AvgIpc) is 2.61. The molecule has 1 N–H and O–H groups in total. The second-order valence-electron chi connectivity index (χ2n) is 5.48. The molecule has 0 unspecified atom stereocenters. The maximum Gasteiger partial charge on any atom is 0.343 e. The topological polar surface area (TPSA) is 64.6 Å². The Hall–Kier alpha value is -2.89. The first kappa shape index (κ1) is 18.4. The monoisotopic (exact) mass is 345 g/mol. The molecule has 0 radical (unpaired) electrons. The van der Waals surface area contributed by atoms with Gasteiger partial charge >= 0.3 is 5.97 Å². The normalized spacial score (nSPS) is 10.2. The van der Waals surface area contributed by atoms with Gasteiger partial charge in [0.25, 0.3) is 0 Å². The maximum atomic E-state index is 13.6. The molecule has 0 saturated heterocycles. The number of ether oxygens (including phenoxy) is 2. The number of esters is 1. The fraction of sp³-hybridized carbons (Fsp3) is 0.263. The standard InChI is InChI=1S/C19H20FNO4/c1-13-11-15(25-12-19(23)24-2)8-9-17(13)21-18(22)10-7-14-5-3-4-6-16(14)20/h3-6,8-9,11H,7,10,12H2,1-2H3,(H,21,22). The summed E-state index contributed by atoms with van der Waals surface area (Å²) in [6.45, 7) is 1.64. The van der Waals surface area contributed by atoms with Gasteiger partial charge in [-0.2, -0.15) is 0 Å². The Labute approximate surface area is 145 Å². The van der Waals surface area contributed by atoms with Crippen molar-refractivity contribution in [1.82, 2.24) is 0 Å². The van der Waals surface area contributed by atoms with Crippen LogP contribution in [0, 0.1) is 12.7 Å². The highest BCUT2D eigenvalue weighted by Crippen LogP contribution is 2.22. The van der Waals surface area contributed by atoms with Crippen molar-refractivity contribution < 1.29 is 23.5 Å². The van der Waals surface area contributed by atoms with E-state index in [1.54, 1.807) is 36.4 Å². The number of methoxy groups -OCH3 is 1. The van der Waals surface area contributed by atoms with Crippen molar-refractivity contribution in [2.45, 2.75) is 19.8 Å². The van der Waals surface area contributed by atoms with Crippen LogP contribution in [0.2, 0.25) is 0 Å². The van der Waals surface area contributed by atoms with Gasteiger partial charge in [-0.25, -0.2) is 9.18 Å². The molecule has 0 spiro atoms. The lowest BCUT2D eigenvalue weighted by atomic mass is 10.1. The molecule has 5 nitrogen and oxygen atoms in total. The molecule has 2 aromatic carbocycles. The summed E-state index contributed by atoms with van der Waals surface area (Å²) < 4.78 is 23.3. The van der Waals surface area contributed by atoms with E-state index in [0.717, 1.165) is 5.56 Å². The Morgan fingerprint density at radius 3 is 2.60 bits per heavy atom. The van der Waals surface area contributed by atoms with Gasteiger partial charge in [0.15, 0.2) is 6.61 Å². The molecule has 0 fully saturated rings. The van der Waals surface area contributed by atoms with Gasteiger partial charge in [-0.15, -0.1) is 0 Å². The molecule has 0 atom stereocenters. The van der Waals surface area contributed by atoms with E-state index >= 15 is 0 Å². The van der Waals surface area contributed by atoms with E-state index in [4.69, 9.17) is 4.74 Å². The Bertz CT molecular complexity index is 761. The predicted molar refractivity (Wildman–Crippen MR) is 92.0 cm³/mol. The summed E-state index contributed by atoms with van der Waals surface area (Å²) >= 11 is 0. The smallest absolute Gasteiger partial charge is 0.343 e. The van der Waals surface area contributed by atoms with Crippen LogP contribution in [0.25, 0.3) is 0 Å². The summed E-state index contributed by atoms with van der Waals surface area (Å²) in [5, 5.41) is 2.79. The van der Waals surface area contributed by atoms with Crippen LogP contribution in [0.4, 0.5) is 10.1 Å². The van der Waals surface area contributed by atoms with E-state index in [1.807, 2.05) is 6.92 Å². The van der Waals surface area contributed by atoms with Crippen LogP contribution in [0.1, 0.15) is 17.5 Å². The third-order valence-electron chi connectivity index (χ3n) is 3.64. The molecule has 0 heterocycles. The lowest BCUT2D eigenvalue weighted by Gasteiger charge is -2.11. The fourth-order valence-electron chi connectivity index (χ4n) is 2.23. The minimum Gasteiger partial charge on any atom is -0.482 e. The van der Waals surface area contributed by atoms with Gasteiger partial charge in [-0.3, -0.25) is 4.79 Å². The SMILES string of the molecule is COC(=O)COc1ccc(NC(=O)CCc2ccccc2F)c(C)c1. The minimum atomic E-state index is -0.469. The van der Waals surface area contributed by atoms with Gasteiger partial charge in [-0.05, 0) is 48.7 Å². The summed E-state index contributed by atoms with van der Waals surface area (Å²) in [5.41, 5.74) is 1.95. The van der Waals surface area contributed by atoms with Gasteiger partial charge in [-0.1, -0.05) is 18.2 Å². The van der Waals surface area contributed by atoms with Crippen LogP contribution in [0.5, 0.6) is 5.75 Å². The van der Waals surface area contributed by atoms with E-state index in [9.17, 15) is 14.0 Å². The number of hydrogen-bond donors (Lipinski definition) is 1. The lowest BCUT2D eigenvalue weighted by molar-refractivity contribution is -0.142. The molecule has 0 aliphatic heterocycles. The van der Waals surface area contributed by atoms with Crippen molar-refractivity contribution in [3.63, 3.8) is 0 Å². The zero-order valence-corrected chi connectivity index (χ0v) is 14.2. The van der Waals surface area contributed by atoms with Gasteiger partial charge in [0.1, 0.15) is 11.6 Å². The number of carbonyl (C=O) groups excluding carboxylic acids is 2. The molecule has 0 aromatic heterocycles. The molecule has 25 heavy (non-hydrogen) atoms. The number of hydrogen-bond acceptors (Lipinski definition) is 4. The third kappa shape index (κ3) is 5.60. The van der Waals surface area contributed by atoms with Crippen molar-refractivity contribution in [3.05, 3.63) is 59.4 Å². The molecule has 2 aromatic rings. The van der Waals surface area contributed by atoms with E-state index in [2.05, 4.69) is 10.1 Å². The van der Waals surface area contributed by atoms with Crippen LogP contribution in [0.15, 0.2) is 42.5 Å². The van der Waals surface area contributed by atoms with Crippen molar-refractivity contribution in [2.75, 3.05) is 19.0 Å². The quantitative estimate of drug-likeness (QED) is 0.783. The number of anilines is 1. The first-order valence-electron chi connectivity index (χ1n) is 7.83. The number of carbonyl (C=O) groups is 2. The number of rotatable bonds is 7. The number of amides is 1. The molecule has 0 aliphatic carbocycles. The zero-order chi connectivity index (χ0) is 18.2. The van der Waals surface area contributed by atoms with Crippen LogP contribution in [0.3, 0.4) is 0 Å². The zero-order valence-electron chi connectivity index (χ0n) is 14.2. The molecule has 1 amide bonds. The van der Waals surface area contributed by atoms with Crippen LogP contribution in [-0.4, -0.2) is 25.6 Å². The number of aryl methyl sites for hydroxylation is 2.